The molecule has 0 radical (unpaired) electrons. The number of nitrogens with one attached hydrogen (secondary N) is 1. The summed E-state index contributed by atoms with van der Waals surface area (Å²) in [6, 6.07) is 18.6. The largest absolute Gasteiger partial charge is 0.493 e. The number of para-hydroxylation sites is 1. The maximum atomic E-state index is 13.7. The highest BCUT2D eigenvalue weighted by Crippen LogP contribution is 2.28. The number of rotatable bonds is 7. The van der Waals surface area contributed by atoms with Crippen LogP contribution in [0.2, 0.25) is 0 Å². The molecule has 0 aliphatic heterocycles. The van der Waals surface area contributed by atoms with Gasteiger partial charge in [0.2, 0.25) is 5.69 Å². The van der Waals surface area contributed by atoms with Crippen LogP contribution in [0.15, 0.2) is 82.4 Å². The predicted molar refractivity (Wildman–Crippen MR) is 127 cm³/mol. The van der Waals surface area contributed by atoms with Crippen molar-refractivity contribution in [2.24, 2.45) is 0 Å². The molecule has 0 saturated heterocycles. The number of hydrogen-bond donors (Lipinski definition) is 1. The lowest BCUT2D eigenvalue weighted by atomic mass is 10.2. The van der Waals surface area contributed by atoms with Crippen molar-refractivity contribution in [3.05, 3.63) is 111 Å². The molecular weight excluding hydrogens is 455 g/mol. The van der Waals surface area contributed by atoms with E-state index in [1.165, 1.54) is 44.6 Å². The van der Waals surface area contributed by atoms with E-state index < -0.39 is 28.7 Å². The van der Waals surface area contributed by atoms with Crippen molar-refractivity contribution >= 4 is 11.6 Å². The first-order chi connectivity index (χ1) is 16.9. The van der Waals surface area contributed by atoms with Crippen molar-refractivity contribution in [3.8, 4) is 17.2 Å². The zero-order chi connectivity index (χ0) is 24.9. The van der Waals surface area contributed by atoms with Gasteiger partial charge >= 0.3 is 5.69 Å². The fraction of sp³-hybridized carbons (Fsp3) is 0.120. The Balaban J connectivity index is 1.88. The summed E-state index contributed by atoms with van der Waals surface area (Å²) in [6.07, 6.45) is 0. The van der Waals surface area contributed by atoms with Gasteiger partial charge in [-0.3, -0.25) is 14.2 Å². The van der Waals surface area contributed by atoms with E-state index in [2.05, 4.69) is 10.4 Å². The highest BCUT2D eigenvalue weighted by atomic mass is 19.1. The van der Waals surface area contributed by atoms with Crippen LogP contribution in [0.3, 0.4) is 0 Å². The maximum absolute atomic E-state index is 13.7. The molecule has 1 aromatic heterocycles. The molecule has 0 fully saturated rings. The summed E-state index contributed by atoms with van der Waals surface area (Å²) >= 11 is 0. The average Bonchev–Trinajstić information content (AvgIpc) is 2.87. The summed E-state index contributed by atoms with van der Waals surface area (Å²) in [5.74, 6) is -0.591. The molecule has 0 spiro atoms. The Morgan fingerprint density at radius 3 is 2.37 bits per heavy atom. The summed E-state index contributed by atoms with van der Waals surface area (Å²) in [7, 11) is 2.90. The number of methoxy groups -OCH3 is 2. The van der Waals surface area contributed by atoms with Gasteiger partial charge in [-0.25, -0.2) is 9.18 Å². The Kier molecular flexibility index (Phi) is 6.72. The highest BCUT2D eigenvalue weighted by Gasteiger charge is 2.21. The third-order valence-corrected chi connectivity index (χ3v) is 5.15. The van der Waals surface area contributed by atoms with Crippen molar-refractivity contribution in [2.75, 3.05) is 19.5 Å². The molecule has 9 nitrogen and oxygen atoms in total. The van der Waals surface area contributed by atoms with Gasteiger partial charge in [0.25, 0.3) is 11.5 Å². The van der Waals surface area contributed by atoms with E-state index in [1.807, 2.05) is 0 Å². The van der Waals surface area contributed by atoms with Crippen LogP contribution in [0.4, 0.5) is 10.1 Å². The first-order valence-corrected chi connectivity index (χ1v) is 10.5. The molecule has 1 amide bonds. The van der Waals surface area contributed by atoms with Gasteiger partial charge in [0.05, 0.1) is 26.5 Å². The Morgan fingerprint density at radius 1 is 0.943 bits per heavy atom. The molecule has 4 rings (SSSR count). The average molecular weight is 476 g/mol. The van der Waals surface area contributed by atoms with Crippen LogP contribution in [0.1, 0.15) is 16.1 Å². The van der Waals surface area contributed by atoms with Crippen LogP contribution in [-0.2, 0) is 6.54 Å². The zero-order valence-corrected chi connectivity index (χ0v) is 18.9. The van der Waals surface area contributed by atoms with Gasteiger partial charge in [0.1, 0.15) is 5.82 Å². The van der Waals surface area contributed by atoms with Gasteiger partial charge < -0.3 is 14.8 Å². The number of carbonyl (C=O) groups excluding carboxylic acids is 1. The molecule has 1 N–H and O–H groups in total. The molecule has 0 saturated carbocycles. The van der Waals surface area contributed by atoms with Crippen LogP contribution in [0.5, 0.6) is 11.5 Å². The summed E-state index contributed by atoms with van der Waals surface area (Å²) in [4.78, 5) is 39.5. The Bertz CT molecular complexity index is 1500. The predicted octanol–water partition coefficient (Wildman–Crippen LogP) is 2.85. The lowest BCUT2D eigenvalue weighted by molar-refractivity contribution is 0.101. The Labute approximate surface area is 199 Å². The number of benzene rings is 3. The molecule has 3 aromatic carbocycles. The lowest BCUT2D eigenvalue weighted by Gasteiger charge is -2.14. The standard InChI is InChI=1S/C25H21FN4O5/c1-34-20-12-11-19(14-21(20)35-2)30-25(33)29(15-16-7-6-8-17(26)13-16)24(32)22(28-30)23(31)27-18-9-4-3-5-10-18/h3-14H,15H2,1-2H3,(H,27,31). The number of ether oxygens (including phenoxy) is 2. The summed E-state index contributed by atoms with van der Waals surface area (Å²) in [5.41, 5.74) is -1.20. The highest BCUT2D eigenvalue weighted by molar-refractivity contribution is 6.02. The molecule has 35 heavy (non-hydrogen) atoms. The molecular formula is C25H21FN4O5. The summed E-state index contributed by atoms with van der Waals surface area (Å²) in [5, 5.41) is 6.68. The van der Waals surface area contributed by atoms with Crippen LogP contribution in [-0.4, -0.2) is 34.5 Å². The first-order valence-electron chi connectivity index (χ1n) is 10.5. The van der Waals surface area contributed by atoms with Gasteiger partial charge in [0, 0.05) is 11.8 Å². The van der Waals surface area contributed by atoms with Crippen molar-refractivity contribution in [1.82, 2.24) is 14.3 Å². The first kappa shape index (κ1) is 23.4. The SMILES string of the molecule is COc1ccc(-n2nc(C(=O)Nc3ccccc3)c(=O)n(Cc3cccc(F)c3)c2=O)cc1OC. The molecule has 0 aliphatic carbocycles. The number of carbonyl (C=O) groups is 1. The fourth-order valence-electron chi connectivity index (χ4n) is 3.45. The van der Waals surface area contributed by atoms with E-state index in [1.54, 1.807) is 42.5 Å². The fourth-order valence-corrected chi connectivity index (χ4v) is 3.45. The number of halogens is 1. The summed E-state index contributed by atoms with van der Waals surface area (Å²) in [6.45, 7) is -0.267. The second-order valence-corrected chi connectivity index (χ2v) is 7.42. The normalized spacial score (nSPS) is 10.6. The van der Waals surface area contributed by atoms with Crippen molar-refractivity contribution < 1.29 is 18.7 Å². The number of aromatic nitrogens is 3. The quantitative estimate of drug-likeness (QED) is 0.440. The number of nitrogens with zero attached hydrogens (tertiary/aromatic N) is 3. The molecule has 10 heteroatoms. The number of anilines is 1. The third-order valence-electron chi connectivity index (χ3n) is 5.15. The van der Waals surface area contributed by atoms with E-state index in [0.717, 1.165) is 9.25 Å². The van der Waals surface area contributed by atoms with Crippen molar-refractivity contribution in [2.45, 2.75) is 6.54 Å². The number of amides is 1. The van der Waals surface area contributed by atoms with E-state index in [-0.39, 0.29) is 12.2 Å². The lowest BCUT2D eigenvalue weighted by Crippen LogP contribution is -2.45. The minimum atomic E-state index is -0.913. The molecule has 4 aromatic rings. The molecule has 1 heterocycles. The van der Waals surface area contributed by atoms with E-state index in [0.29, 0.717) is 22.7 Å². The van der Waals surface area contributed by atoms with Gasteiger partial charge in [-0.15, -0.1) is 0 Å². The van der Waals surface area contributed by atoms with Crippen molar-refractivity contribution in [3.63, 3.8) is 0 Å². The van der Waals surface area contributed by atoms with E-state index in [4.69, 9.17) is 9.47 Å². The van der Waals surface area contributed by atoms with Gasteiger partial charge in [-0.2, -0.15) is 9.78 Å². The second kappa shape index (κ2) is 10.0. The Morgan fingerprint density at radius 2 is 1.69 bits per heavy atom. The monoisotopic (exact) mass is 476 g/mol. The molecule has 0 unspecified atom stereocenters. The topological polar surface area (TPSA) is 104 Å². The minimum Gasteiger partial charge on any atom is -0.493 e. The van der Waals surface area contributed by atoms with Crippen LogP contribution < -0.4 is 26.0 Å². The Hall–Kier alpha value is -4.73. The van der Waals surface area contributed by atoms with Crippen LogP contribution in [0.25, 0.3) is 5.69 Å². The second-order valence-electron chi connectivity index (χ2n) is 7.42. The zero-order valence-electron chi connectivity index (χ0n) is 18.9. The van der Waals surface area contributed by atoms with Gasteiger partial charge in [-0.1, -0.05) is 30.3 Å². The summed E-state index contributed by atoms with van der Waals surface area (Å²) < 4.78 is 26.0. The third kappa shape index (κ3) is 4.96. The number of hydrogen-bond acceptors (Lipinski definition) is 6. The van der Waals surface area contributed by atoms with Gasteiger partial charge in [-0.05, 0) is 42.0 Å². The van der Waals surface area contributed by atoms with E-state index >= 15 is 0 Å². The van der Waals surface area contributed by atoms with E-state index in [9.17, 15) is 18.8 Å². The smallest absolute Gasteiger partial charge is 0.352 e. The molecule has 0 atom stereocenters. The molecule has 0 bridgehead atoms. The molecule has 0 aliphatic rings. The minimum absolute atomic E-state index is 0.231. The molecule has 178 valence electrons. The maximum Gasteiger partial charge on any atom is 0.352 e. The van der Waals surface area contributed by atoms with Gasteiger partial charge in [0.15, 0.2) is 11.5 Å². The van der Waals surface area contributed by atoms with Crippen LogP contribution >= 0.6 is 0 Å². The van der Waals surface area contributed by atoms with Crippen LogP contribution in [0, 0.1) is 5.82 Å². The van der Waals surface area contributed by atoms with Crippen molar-refractivity contribution in [1.29, 1.82) is 0 Å².